The van der Waals surface area contributed by atoms with E-state index in [1.165, 1.54) is 0 Å². The summed E-state index contributed by atoms with van der Waals surface area (Å²) in [4.78, 5) is 48.9. The van der Waals surface area contributed by atoms with E-state index in [0.29, 0.717) is 24.4 Å². The van der Waals surface area contributed by atoms with Crippen LogP contribution in [0.25, 0.3) is 0 Å². The third-order valence-corrected chi connectivity index (χ3v) is 9.25. The van der Waals surface area contributed by atoms with Crippen LogP contribution >= 0.6 is 11.3 Å². The van der Waals surface area contributed by atoms with Crippen molar-refractivity contribution in [2.75, 3.05) is 5.73 Å². The van der Waals surface area contributed by atoms with Crippen molar-refractivity contribution in [3.8, 4) is 5.75 Å². The number of fused-ring (bicyclic) bond motifs is 1. The molecule has 48 heavy (non-hydrogen) atoms. The zero-order valence-electron chi connectivity index (χ0n) is 26.6. The molecule has 1 aliphatic carbocycles. The van der Waals surface area contributed by atoms with Crippen molar-refractivity contribution < 1.29 is 42.1 Å². The molecule has 3 heterocycles. The molecule has 0 spiro atoms. The third kappa shape index (κ3) is 8.64. The number of aliphatic imine (C=N–C) groups is 1. The van der Waals surface area contributed by atoms with E-state index in [1.54, 1.807) is 26.2 Å². The van der Waals surface area contributed by atoms with Crippen LogP contribution in [0.3, 0.4) is 0 Å². The number of nitrogen functional groups attached to an aromatic ring is 1. The summed E-state index contributed by atoms with van der Waals surface area (Å²) in [5.41, 5.74) is 18.9. The number of hydrogen-bond donors (Lipinski definition) is 6. The SMILES string of the molecule is CC(O/N=C(\C(=O)NC1C(=O)N(OS(=O)O)C1(C)C)c1csc(N)n1)C1CCc2cc(C(N)=NC3CCC(N)CC3)ccc2O1.O=CO. The van der Waals surface area contributed by atoms with Crippen molar-refractivity contribution in [2.24, 2.45) is 21.6 Å². The minimum Gasteiger partial charge on any atom is -0.486 e. The van der Waals surface area contributed by atoms with Crippen LogP contribution in [0, 0.1) is 0 Å². The summed E-state index contributed by atoms with van der Waals surface area (Å²) >= 11 is -1.60. The normalized spacial score (nSPS) is 24.9. The number of oxime groups is 1. The number of ether oxygens (including phenoxy) is 1. The van der Waals surface area contributed by atoms with Gasteiger partial charge < -0.3 is 37.2 Å². The number of carbonyl (C=O) groups excluding carboxylic acids is 2. The summed E-state index contributed by atoms with van der Waals surface area (Å²) in [6.45, 7) is 4.66. The number of nitrogens with one attached hydrogen (secondary N) is 1. The molecule has 9 N–H and O–H groups in total. The molecule has 262 valence electrons. The molecular weight excluding hydrogens is 669 g/mol. The fourth-order valence-corrected chi connectivity index (χ4v) is 6.54. The second-order valence-corrected chi connectivity index (χ2v) is 13.5. The molecule has 0 bridgehead atoms. The van der Waals surface area contributed by atoms with Crippen molar-refractivity contribution in [2.45, 2.75) is 95.2 Å². The molecular formula is C29H40N8O9S2. The molecule has 2 fully saturated rings. The molecule has 17 nitrogen and oxygen atoms in total. The molecule has 4 unspecified atom stereocenters. The number of nitrogens with zero attached hydrogens (tertiary/aromatic N) is 4. The van der Waals surface area contributed by atoms with Gasteiger partial charge in [0, 0.05) is 17.0 Å². The average Bonchev–Trinajstić information content (AvgIpc) is 3.48. The Morgan fingerprint density at radius 3 is 2.58 bits per heavy atom. The van der Waals surface area contributed by atoms with E-state index < -0.39 is 40.9 Å². The summed E-state index contributed by atoms with van der Waals surface area (Å²) in [5.74, 6) is -0.235. The maximum Gasteiger partial charge on any atom is 0.325 e. The Labute approximate surface area is 283 Å². The van der Waals surface area contributed by atoms with Crippen LogP contribution in [0.15, 0.2) is 33.7 Å². The molecule has 1 aromatic carbocycles. The predicted octanol–water partition coefficient (Wildman–Crippen LogP) is 1.08. The van der Waals surface area contributed by atoms with Crippen LogP contribution < -0.4 is 27.3 Å². The fraction of sp³-hybridized carbons (Fsp3) is 0.517. The topological polar surface area (TPSA) is 267 Å². The van der Waals surface area contributed by atoms with Crippen molar-refractivity contribution in [3.63, 3.8) is 0 Å². The number of aryl methyl sites for hydroxylation is 1. The van der Waals surface area contributed by atoms with Gasteiger partial charge in [0.1, 0.15) is 29.4 Å². The Kier molecular flexibility index (Phi) is 12.1. The standard InChI is InChI=1S/C28H38N8O7S2.CH2O2/c1-14(20-10-4-15-12-16(5-11-21(15)41-20)24(30)32-18-8-6-17(29)7-9-18)42-35-22(19-13-44-27(31)33-19)25(37)34-23-26(38)36(28(23,2)3)43-45(39)40;2-1-3/h5,11-14,17-18,20,23H,4,6-10,29H2,1-3H3,(H2,30,32)(H2,31,33)(H,34,37)(H,39,40);1H,(H,2,3)/b35-22-;. The summed E-state index contributed by atoms with van der Waals surface area (Å²) in [5, 5.41) is 16.1. The number of hydrogen-bond acceptors (Lipinski definition) is 13. The number of rotatable bonds is 10. The van der Waals surface area contributed by atoms with Crippen molar-refractivity contribution in [1.82, 2.24) is 15.4 Å². The van der Waals surface area contributed by atoms with Crippen LogP contribution in [-0.2, 0) is 41.3 Å². The van der Waals surface area contributed by atoms with Gasteiger partial charge in [-0.2, -0.15) is 9.27 Å². The molecule has 3 aliphatic rings. The molecule has 2 aromatic rings. The Morgan fingerprint density at radius 1 is 1.29 bits per heavy atom. The van der Waals surface area contributed by atoms with E-state index in [9.17, 15) is 13.8 Å². The average molecular weight is 709 g/mol. The van der Waals surface area contributed by atoms with Crippen LogP contribution in [0.5, 0.6) is 5.75 Å². The van der Waals surface area contributed by atoms with Crippen molar-refractivity contribution >= 4 is 57.7 Å². The zero-order chi connectivity index (χ0) is 35.2. The predicted molar refractivity (Wildman–Crippen MR) is 177 cm³/mol. The number of carboxylic acid groups (broad SMARTS) is 1. The number of nitrogens with two attached hydrogens (primary N) is 3. The van der Waals surface area contributed by atoms with E-state index >= 15 is 0 Å². The number of amidine groups is 1. The van der Waals surface area contributed by atoms with Gasteiger partial charge in [-0.05, 0) is 83.1 Å². The highest BCUT2D eigenvalue weighted by Crippen LogP contribution is 2.33. The van der Waals surface area contributed by atoms with Crippen LogP contribution in [0.1, 0.15) is 69.7 Å². The van der Waals surface area contributed by atoms with Crippen LogP contribution in [-0.4, -0.2) is 89.6 Å². The van der Waals surface area contributed by atoms with E-state index in [4.69, 9.17) is 46.2 Å². The monoisotopic (exact) mass is 708 g/mol. The van der Waals surface area contributed by atoms with Crippen molar-refractivity contribution in [1.29, 1.82) is 0 Å². The highest BCUT2D eigenvalue weighted by atomic mass is 32.2. The number of amides is 2. The lowest BCUT2D eigenvalue weighted by atomic mass is 9.84. The van der Waals surface area contributed by atoms with Gasteiger partial charge in [0.15, 0.2) is 16.9 Å². The summed E-state index contributed by atoms with van der Waals surface area (Å²) in [7, 11) is 0. The first-order valence-electron chi connectivity index (χ1n) is 15.1. The molecule has 5 rings (SSSR count). The van der Waals surface area contributed by atoms with Gasteiger partial charge in [-0.1, -0.05) is 5.16 Å². The quantitative estimate of drug-likeness (QED) is 0.0504. The number of carbonyl (C=O) groups is 3. The summed E-state index contributed by atoms with van der Waals surface area (Å²) in [6, 6.07) is 5.15. The number of aromatic nitrogens is 1. The fourth-order valence-electron chi connectivity index (χ4n) is 5.59. The molecule has 0 radical (unpaired) electrons. The Bertz CT molecular complexity index is 1580. The maximum absolute atomic E-state index is 13.3. The third-order valence-electron chi connectivity index (χ3n) is 8.30. The van der Waals surface area contributed by atoms with E-state index in [2.05, 4.69) is 19.7 Å². The van der Waals surface area contributed by atoms with Gasteiger partial charge in [-0.25, -0.2) is 4.98 Å². The number of anilines is 1. The summed E-state index contributed by atoms with van der Waals surface area (Å²) < 4.78 is 31.0. The van der Waals surface area contributed by atoms with E-state index in [-0.39, 0.29) is 41.2 Å². The maximum atomic E-state index is 13.3. The Balaban J connectivity index is 0.00000167. The minimum absolute atomic E-state index is 0.161. The van der Waals surface area contributed by atoms with E-state index in [0.717, 1.165) is 53.2 Å². The lowest BCUT2D eigenvalue weighted by molar-refractivity contribution is -0.216. The number of benzene rings is 1. The van der Waals surface area contributed by atoms with Crippen LogP contribution in [0.4, 0.5) is 5.13 Å². The number of hydroxylamine groups is 2. The second kappa shape index (κ2) is 15.8. The lowest BCUT2D eigenvalue weighted by Gasteiger charge is -2.50. The first-order chi connectivity index (χ1) is 22.7. The van der Waals surface area contributed by atoms with Crippen molar-refractivity contribution in [3.05, 3.63) is 40.4 Å². The molecule has 1 saturated heterocycles. The second-order valence-electron chi connectivity index (χ2n) is 12.0. The molecule has 1 saturated carbocycles. The molecule has 2 amide bonds. The Morgan fingerprint density at radius 2 is 1.98 bits per heavy atom. The number of β-lactam (4-membered cyclic amide) rings is 1. The molecule has 4 atom stereocenters. The van der Waals surface area contributed by atoms with Gasteiger partial charge >= 0.3 is 11.4 Å². The zero-order valence-corrected chi connectivity index (χ0v) is 28.2. The largest absolute Gasteiger partial charge is 0.486 e. The van der Waals surface area contributed by atoms with Gasteiger partial charge in [0.25, 0.3) is 18.3 Å². The minimum atomic E-state index is -2.71. The van der Waals surface area contributed by atoms with Crippen LogP contribution in [0.2, 0.25) is 0 Å². The lowest BCUT2D eigenvalue weighted by Crippen LogP contribution is -2.76. The molecule has 1 aromatic heterocycles. The Hall–Kier alpha value is -4.17. The highest BCUT2D eigenvalue weighted by Gasteiger charge is 2.57. The first-order valence-corrected chi connectivity index (χ1v) is 17.0. The van der Waals surface area contributed by atoms with Gasteiger partial charge in [0.05, 0.1) is 11.6 Å². The highest BCUT2D eigenvalue weighted by molar-refractivity contribution is 7.74. The van der Waals surface area contributed by atoms with E-state index in [1.807, 2.05) is 18.2 Å². The number of thiazole rings is 1. The molecule has 2 aliphatic heterocycles. The smallest absolute Gasteiger partial charge is 0.325 e. The summed E-state index contributed by atoms with van der Waals surface area (Å²) in [6.07, 6.45) is 4.20. The first kappa shape index (κ1) is 36.7. The molecule has 19 heteroatoms. The van der Waals surface area contributed by atoms with Gasteiger partial charge in [0.2, 0.25) is 0 Å². The van der Waals surface area contributed by atoms with Gasteiger partial charge in [-0.15, -0.1) is 15.6 Å². The van der Waals surface area contributed by atoms with Gasteiger partial charge in [-0.3, -0.25) is 23.9 Å².